The van der Waals surface area contributed by atoms with Crippen molar-refractivity contribution >= 4 is 15.8 Å². The fraction of sp³-hybridized carbons (Fsp3) is 0.462. The molecule has 5 nitrogen and oxygen atoms in total. The number of aliphatic hydroxyl groups is 1. The van der Waals surface area contributed by atoms with Gasteiger partial charge in [-0.1, -0.05) is 12.1 Å². The second-order valence-corrected chi connectivity index (χ2v) is 6.44. The molecule has 0 amide bonds. The third-order valence-corrected chi connectivity index (χ3v) is 4.79. The summed E-state index contributed by atoms with van der Waals surface area (Å²) in [5, 5.41) is 8.63. The molecule has 0 unspecified atom stereocenters. The van der Waals surface area contributed by atoms with E-state index in [0.717, 1.165) is 12.0 Å². The van der Waals surface area contributed by atoms with Crippen molar-refractivity contribution in [2.24, 2.45) is 0 Å². The van der Waals surface area contributed by atoms with E-state index in [1.54, 1.807) is 12.1 Å². The highest BCUT2D eigenvalue weighted by atomic mass is 32.2. The van der Waals surface area contributed by atoms with Crippen LogP contribution < -0.4 is 4.72 Å². The smallest absolute Gasteiger partial charge is 0.240 e. The number of nitrogens with one attached hydrogen (secondary N) is 1. The Morgan fingerprint density at radius 1 is 1.26 bits per heavy atom. The lowest BCUT2D eigenvalue weighted by Gasteiger charge is -2.10. The zero-order valence-corrected chi connectivity index (χ0v) is 11.3. The first-order valence-corrected chi connectivity index (χ1v) is 7.73. The second kappa shape index (κ2) is 5.81. The van der Waals surface area contributed by atoms with E-state index in [2.05, 4.69) is 4.72 Å². The molecule has 6 heteroatoms. The average Bonchev–Trinajstić information content (AvgIpc) is 2.83. The molecular weight excluding hydrogens is 266 g/mol. The van der Waals surface area contributed by atoms with E-state index in [9.17, 15) is 13.2 Å². The Morgan fingerprint density at radius 2 is 1.95 bits per heavy atom. The van der Waals surface area contributed by atoms with Gasteiger partial charge in [-0.15, -0.1) is 0 Å². The van der Waals surface area contributed by atoms with Crippen LogP contribution in [-0.2, 0) is 14.8 Å². The summed E-state index contributed by atoms with van der Waals surface area (Å²) in [6.07, 6.45) is 2.01. The van der Waals surface area contributed by atoms with Crippen molar-refractivity contribution in [3.8, 4) is 0 Å². The van der Waals surface area contributed by atoms with Gasteiger partial charge in [0.15, 0.2) is 0 Å². The lowest BCUT2D eigenvalue weighted by molar-refractivity contribution is -0.117. The largest absolute Gasteiger partial charge is 0.395 e. The van der Waals surface area contributed by atoms with Crippen LogP contribution in [0.3, 0.4) is 0 Å². The molecule has 0 bridgehead atoms. The molecule has 0 spiro atoms. The van der Waals surface area contributed by atoms with E-state index in [0.29, 0.717) is 12.8 Å². The highest BCUT2D eigenvalue weighted by molar-refractivity contribution is 7.89. The van der Waals surface area contributed by atoms with Gasteiger partial charge in [0, 0.05) is 19.4 Å². The first-order valence-electron chi connectivity index (χ1n) is 6.25. The summed E-state index contributed by atoms with van der Waals surface area (Å²) in [6, 6.07) is 6.60. The first-order chi connectivity index (χ1) is 9.03. The summed E-state index contributed by atoms with van der Waals surface area (Å²) in [7, 11) is -3.55. The van der Waals surface area contributed by atoms with E-state index in [1.807, 2.05) is 0 Å². The van der Waals surface area contributed by atoms with Crippen molar-refractivity contribution < 1.29 is 18.3 Å². The molecular formula is C13H17NO4S. The standard InChI is InChI=1S/C13H17NO4S/c15-8-7-14-19(17,18)13-5-2-10(3-6-13)11-1-4-12(16)9-11/h2-3,5-6,11,14-15H,1,4,7-9H2/t11-/m1/s1. The number of ketones is 1. The molecule has 104 valence electrons. The number of benzene rings is 1. The van der Waals surface area contributed by atoms with Crippen molar-refractivity contribution in [3.63, 3.8) is 0 Å². The van der Waals surface area contributed by atoms with E-state index in [1.165, 1.54) is 12.1 Å². The van der Waals surface area contributed by atoms with Crippen LogP contribution in [0.15, 0.2) is 29.2 Å². The predicted octanol–water partition coefficient (Wildman–Crippen LogP) is 0.794. The molecule has 0 radical (unpaired) electrons. The highest BCUT2D eigenvalue weighted by Gasteiger charge is 2.23. The highest BCUT2D eigenvalue weighted by Crippen LogP contribution is 2.32. The molecule has 19 heavy (non-hydrogen) atoms. The molecule has 1 aliphatic carbocycles. The summed E-state index contributed by atoms with van der Waals surface area (Å²) in [6.45, 7) is -0.233. The Labute approximate surface area is 112 Å². The third-order valence-electron chi connectivity index (χ3n) is 3.31. The fourth-order valence-corrected chi connectivity index (χ4v) is 3.30. The van der Waals surface area contributed by atoms with Crippen LogP contribution in [-0.4, -0.2) is 32.5 Å². The van der Waals surface area contributed by atoms with Gasteiger partial charge in [-0.25, -0.2) is 13.1 Å². The van der Waals surface area contributed by atoms with Crippen molar-refractivity contribution in [1.29, 1.82) is 0 Å². The lowest BCUT2D eigenvalue weighted by Crippen LogP contribution is -2.26. The molecule has 1 aliphatic rings. The summed E-state index contributed by atoms with van der Waals surface area (Å²) >= 11 is 0. The number of hydrogen-bond donors (Lipinski definition) is 2. The van der Waals surface area contributed by atoms with Crippen molar-refractivity contribution in [2.75, 3.05) is 13.2 Å². The van der Waals surface area contributed by atoms with Crippen LogP contribution in [0.2, 0.25) is 0 Å². The molecule has 2 N–H and O–H groups in total. The Bertz CT molecular complexity index is 551. The summed E-state index contributed by atoms with van der Waals surface area (Å²) in [4.78, 5) is 11.4. The van der Waals surface area contributed by atoms with Gasteiger partial charge in [0.2, 0.25) is 10.0 Å². The summed E-state index contributed by atoms with van der Waals surface area (Å²) in [5.74, 6) is 0.487. The van der Waals surface area contributed by atoms with Crippen molar-refractivity contribution in [3.05, 3.63) is 29.8 Å². The second-order valence-electron chi connectivity index (χ2n) is 4.67. The number of aliphatic hydroxyl groups excluding tert-OH is 1. The number of carbonyl (C=O) groups excluding carboxylic acids is 1. The van der Waals surface area contributed by atoms with Gasteiger partial charge in [-0.2, -0.15) is 0 Å². The normalized spacial score (nSPS) is 19.8. The Morgan fingerprint density at radius 3 is 2.47 bits per heavy atom. The SMILES string of the molecule is O=C1CC[C@@H](c2ccc(S(=O)(=O)NCCO)cc2)C1. The summed E-state index contributed by atoms with van der Waals surface area (Å²) < 4.78 is 25.9. The third kappa shape index (κ3) is 3.40. The number of rotatable bonds is 5. The fourth-order valence-electron chi connectivity index (χ4n) is 2.28. The van der Waals surface area contributed by atoms with Crippen LogP contribution >= 0.6 is 0 Å². The quantitative estimate of drug-likeness (QED) is 0.837. The zero-order valence-electron chi connectivity index (χ0n) is 10.5. The molecule has 0 heterocycles. The average molecular weight is 283 g/mol. The van der Waals surface area contributed by atoms with Gasteiger partial charge >= 0.3 is 0 Å². The molecule has 1 aromatic carbocycles. The molecule has 0 aliphatic heterocycles. The minimum atomic E-state index is -3.55. The number of hydrogen-bond acceptors (Lipinski definition) is 4. The molecule has 1 saturated carbocycles. The van der Waals surface area contributed by atoms with E-state index in [4.69, 9.17) is 5.11 Å². The van der Waals surface area contributed by atoms with Gasteiger partial charge in [-0.3, -0.25) is 4.79 Å². The molecule has 1 aromatic rings. The summed E-state index contributed by atoms with van der Waals surface area (Å²) in [5.41, 5.74) is 1.01. The molecule has 2 rings (SSSR count). The first kappa shape index (κ1) is 14.2. The van der Waals surface area contributed by atoms with Crippen LogP contribution in [0.25, 0.3) is 0 Å². The topological polar surface area (TPSA) is 83.5 Å². The van der Waals surface area contributed by atoms with Crippen LogP contribution in [0, 0.1) is 0 Å². The number of carbonyl (C=O) groups is 1. The maximum Gasteiger partial charge on any atom is 0.240 e. The minimum Gasteiger partial charge on any atom is -0.395 e. The van der Waals surface area contributed by atoms with Crippen LogP contribution in [0.1, 0.15) is 30.7 Å². The maximum absolute atomic E-state index is 11.8. The maximum atomic E-state index is 11.8. The van der Waals surface area contributed by atoms with E-state index >= 15 is 0 Å². The van der Waals surface area contributed by atoms with E-state index < -0.39 is 10.0 Å². The molecule has 0 aromatic heterocycles. The van der Waals surface area contributed by atoms with Crippen LogP contribution in [0.4, 0.5) is 0 Å². The Hall–Kier alpha value is -1.24. The van der Waals surface area contributed by atoms with Gasteiger partial charge in [0.25, 0.3) is 0 Å². The zero-order chi connectivity index (χ0) is 13.9. The van der Waals surface area contributed by atoms with Crippen LogP contribution in [0.5, 0.6) is 0 Å². The van der Waals surface area contributed by atoms with Crippen molar-refractivity contribution in [1.82, 2.24) is 4.72 Å². The molecule has 1 atom stereocenters. The van der Waals surface area contributed by atoms with Gasteiger partial charge in [0.05, 0.1) is 11.5 Å². The van der Waals surface area contributed by atoms with Crippen molar-refractivity contribution in [2.45, 2.75) is 30.1 Å². The monoisotopic (exact) mass is 283 g/mol. The van der Waals surface area contributed by atoms with Gasteiger partial charge < -0.3 is 5.11 Å². The van der Waals surface area contributed by atoms with Gasteiger partial charge in [-0.05, 0) is 30.0 Å². The van der Waals surface area contributed by atoms with Gasteiger partial charge in [0.1, 0.15) is 5.78 Å². The predicted molar refractivity (Wildman–Crippen MR) is 70.3 cm³/mol. The van der Waals surface area contributed by atoms with E-state index in [-0.39, 0.29) is 29.7 Å². The number of sulfonamides is 1. The molecule has 1 fully saturated rings. The lowest BCUT2D eigenvalue weighted by atomic mass is 9.98. The Balaban J connectivity index is 2.12. The Kier molecular flexibility index (Phi) is 4.34. The number of Topliss-reactive ketones (excluding diaryl/α,β-unsaturated/α-hetero) is 1. The molecule has 0 saturated heterocycles. The minimum absolute atomic E-state index is 0.00120.